The first-order valence-electron chi connectivity index (χ1n) is 7.66. The predicted octanol–water partition coefficient (Wildman–Crippen LogP) is 3.62. The molecular formula is C18H16Cl3N2O2+. The number of quaternary nitrogens is 1. The maximum absolute atomic E-state index is 12.7. The molecule has 3 N–H and O–H groups in total. The average Bonchev–Trinajstić information content (AvgIpc) is 3.10. The van der Waals surface area contributed by atoms with E-state index < -0.39 is 9.96 Å². The Balaban J connectivity index is 1.79. The number of alkyl halides is 3. The Kier molecular flexibility index (Phi) is 5.54. The summed E-state index contributed by atoms with van der Waals surface area (Å²) < 4.78 is 3.60. The summed E-state index contributed by atoms with van der Waals surface area (Å²) in [7, 11) is 0. The number of hydrogen-bond donors (Lipinski definition) is 2. The summed E-state index contributed by atoms with van der Waals surface area (Å²) in [5.41, 5.74) is 0.531. The second-order valence-corrected chi connectivity index (χ2v) is 7.91. The minimum Gasteiger partial charge on any atom is -0.463 e. The van der Waals surface area contributed by atoms with Crippen LogP contribution in [0, 0.1) is 0 Å². The van der Waals surface area contributed by atoms with Crippen molar-refractivity contribution < 1.29 is 14.5 Å². The Morgan fingerprint density at radius 1 is 1.08 bits per heavy atom. The van der Waals surface area contributed by atoms with Gasteiger partial charge >= 0.3 is 0 Å². The van der Waals surface area contributed by atoms with Gasteiger partial charge < -0.3 is 9.73 Å². The molecule has 0 spiro atoms. The molecule has 0 fully saturated rings. The molecule has 0 aliphatic rings. The summed E-state index contributed by atoms with van der Waals surface area (Å²) in [6.45, 7) is 0.432. The fraction of sp³-hybridized carbons (Fsp3) is 0.167. The van der Waals surface area contributed by atoms with E-state index in [9.17, 15) is 4.79 Å². The molecule has 0 radical (unpaired) electrons. The van der Waals surface area contributed by atoms with Gasteiger partial charge in [0.2, 0.25) is 6.17 Å². The molecule has 2 aromatic carbocycles. The number of furan rings is 1. The largest absolute Gasteiger partial charge is 0.463 e. The van der Waals surface area contributed by atoms with Gasteiger partial charge in [0.15, 0.2) is 5.76 Å². The number of hydrogen-bond acceptors (Lipinski definition) is 2. The first-order valence-corrected chi connectivity index (χ1v) is 8.79. The predicted molar refractivity (Wildman–Crippen MR) is 99.8 cm³/mol. The van der Waals surface area contributed by atoms with E-state index in [-0.39, 0.29) is 5.91 Å². The van der Waals surface area contributed by atoms with Crippen molar-refractivity contribution in [3.63, 3.8) is 0 Å². The maximum atomic E-state index is 12.7. The Labute approximate surface area is 160 Å². The summed E-state index contributed by atoms with van der Waals surface area (Å²) in [6, 6.07) is 16.8. The first-order chi connectivity index (χ1) is 11.9. The maximum Gasteiger partial charge on any atom is 0.262 e. The van der Waals surface area contributed by atoms with E-state index >= 15 is 0 Å². The van der Waals surface area contributed by atoms with Crippen LogP contribution in [-0.2, 0) is 6.54 Å². The van der Waals surface area contributed by atoms with Crippen molar-refractivity contribution in [2.24, 2.45) is 0 Å². The smallest absolute Gasteiger partial charge is 0.262 e. The van der Waals surface area contributed by atoms with Crippen molar-refractivity contribution >= 4 is 51.5 Å². The van der Waals surface area contributed by atoms with Gasteiger partial charge in [-0.1, -0.05) is 71.2 Å². The van der Waals surface area contributed by atoms with Crippen LogP contribution in [-0.4, -0.2) is 15.9 Å². The van der Waals surface area contributed by atoms with E-state index in [4.69, 9.17) is 39.2 Å². The van der Waals surface area contributed by atoms with Crippen LogP contribution in [0.5, 0.6) is 0 Å². The average molecular weight is 399 g/mol. The summed E-state index contributed by atoms with van der Waals surface area (Å²) in [5.74, 6) is 0.419. The number of halogens is 3. The van der Waals surface area contributed by atoms with Crippen molar-refractivity contribution in [2.75, 3.05) is 0 Å². The number of nitrogens with two attached hydrogens (primary N) is 1. The molecule has 3 aromatic rings. The molecule has 0 aliphatic heterocycles. The molecule has 0 unspecified atom stereocenters. The Morgan fingerprint density at radius 3 is 2.56 bits per heavy atom. The zero-order chi connectivity index (χ0) is 17.9. The van der Waals surface area contributed by atoms with Crippen molar-refractivity contribution in [2.45, 2.75) is 16.5 Å². The fourth-order valence-corrected chi connectivity index (χ4v) is 3.01. The van der Waals surface area contributed by atoms with E-state index in [1.54, 1.807) is 23.7 Å². The number of nitrogens with one attached hydrogen (secondary N) is 1. The zero-order valence-corrected chi connectivity index (χ0v) is 15.4. The third-order valence-corrected chi connectivity index (χ3v) is 4.51. The summed E-state index contributed by atoms with van der Waals surface area (Å²) >= 11 is 18.1. The Hall–Kier alpha value is -1.72. The van der Waals surface area contributed by atoms with Gasteiger partial charge in [0.1, 0.15) is 6.54 Å². The van der Waals surface area contributed by atoms with Gasteiger partial charge in [-0.25, -0.2) is 0 Å². The minimum atomic E-state index is -1.67. The van der Waals surface area contributed by atoms with Crippen LogP contribution in [0.1, 0.15) is 16.1 Å². The second kappa shape index (κ2) is 7.67. The van der Waals surface area contributed by atoms with E-state index in [0.29, 0.717) is 12.1 Å². The lowest BCUT2D eigenvalue weighted by Crippen LogP contribution is -2.95. The Morgan fingerprint density at radius 2 is 1.84 bits per heavy atom. The number of carbonyl (C=O) groups excluding carboxylic acids is 1. The molecule has 1 heterocycles. The molecule has 0 saturated carbocycles. The molecule has 25 heavy (non-hydrogen) atoms. The van der Waals surface area contributed by atoms with Crippen LogP contribution in [0.2, 0.25) is 0 Å². The zero-order valence-electron chi connectivity index (χ0n) is 13.1. The van der Waals surface area contributed by atoms with Crippen LogP contribution in [0.15, 0.2) is 65.3 Å². The van der Waals surface area contributed by atoms with Gasteiger partial charge in [-0.2, -0.15) is 0 Å². The van der Waals surface area contributed by atoms with Gasteiger partial charge in [-0.15, -0.1) is 0 Å². The van der Waals surface area contributed by atoms with Crippen molar-refractivity contribution in [3.05, 3.63) is 72.2 Å². The molecule has 1 aromatic heterocycles. The lowest BCUT2D eigenvalue weighted by Gasteiger charge is -2.23. The third-order valence-electron chi connectivity index (χ3n) is 3.81. The molecule has 3 rings (SSSR count). The number of amides is 1. The van der Waals surface area contributed by atoms with E-state index in [2.05, 4.69) is 5.32 Å². The lowest BCUT2D eigenvalue weighted by atomic mass is 10.0. The van der Waals surface area contributed by atoms with Crippen molar-refractivity contribution in [3.8, 4) is 0 Å². The van der Waals surface area contributed by atoms with Crippen LogP contribution >= 0.6 is 34.8 Å². The van der Waals surface area contributed by atoms with Crippen LogP contribution in [0.4, 0.5) is 0 Å². The molecule has 0 aliphatic carbocycles. The molecule has 1 amide bonds. The standard InChI is InChI=1S/C18H15Cl3N2O2/c19-18(20,21)17(22-11-13-7-4-10-25-13)23-16(24)15-9-3-6-12-5-1-2-8-14(12)15/h1-10,17,22H,11H2,(H,23,24)/p+1/t17-/m0/s1. The molecule has 0 bridgehead atoms. The highest BCUT2D eigenvalue weighted by atomic mass is 35.6. The molecule has 130 valence electrons. The highest BCUT2D eigenvalue weighted by molar-refractivity contribution is 6.68. The summed E-state index contributed by atoms with van der Waals surface area (Å²) in [4.78, 5) is 12.7. The number of benzene rings is 2. The molecule has 1 atom stereocenters. The Bertz CT molecular complexity index is 855. The highest BCUT2D eigenvalue weighted by Crippen LogP contribution is 2.28. The summed E-state index contributed by atoms with van der Waals surface area (Å²) in [5, 5.41) is 6.33. The van der Waals surface area contributed by atoms with Crippen molar-refractivity contribution in [1.82, 2.24) is 5.32 Å². The topological polar surface area (TPSA) is 58.9 Å². The first kappa shape index (κ1) is 18.1. The van der Waals surface area contributed by atoms with Gasteiger partial charge in [0, 0.05) is 5.56 Å². The number of fused-ring (bicyclic) bond motifs is 1. The van der Waals surface area contributed by atoms with Crippen LogP contribution in [0.3, 0.4) is 0 Å². The van der Waals surface area contributed by atoms with Crippen LogP contribution < -0.4 is 10.6 Å². The van der Waals surface area contributed by atoms with Crippen LogP contribution in [0.25, 0.3) is 10.8 Å². The van der Waals surface area contributed by atoms with Crippen molar-refractivity contribution in [1.29, 1.82) is 0 Å². The number of rotatable bonds is 5. The molecular weight excluding hydrogens is 383 g/mol. The molecule has 7 heteroatoms. The highest BCUT2D eigenvalue weighted by Gasteiger charge is 2.37. The van der Waals surface area contributed by atoms with Gasteiger partial charge in [0.05, 0.1) is 6.26 Å². The monoisotopic (exact) mass is 397 g/mol. The lowest BCUT2D eigenvalue weighted by molar-refractivity contribution is -0.708. The minimum absolute atomic E-state index is 0.302. The van der Waals surface area contributed by atoms with Gasteiger partial charge in [0.25, 0.3) is 9.70 Å². The molecule has 4 nitrogen and oxygen atoms in total. The van der Waals surface area contributed by atoms with Gasteiger partial charge in [-0.05, 0) is 29.0 Å². The second-order valence-electron chi connectivity index (χ2n) is 5.54. The van der Waals surface area contributed by atoms with E-state index in [0.717, 1.165) is 16.5 Å². The quantitative estimate of drug-likeness (QED) is 0.509. The van der Waals surface area contributed by atoms with E-state index in [1.807, 2.05) is 42.5 Å². The van der Waals surface area contributed by atoms with Gasteiger partial charge in [-0.3, -0.25) is 10.1 Å². The fourth-order valence-electron chi connectivity index (χ4n) is 2.58. The van der Waals surface area contributed by atoms with E-state index in [1.165, 1.54) is 0 Å². The molecule has 0 saturated heterocycles. The third kappa shape index (κ3) is 4.47. The summed E-state index contributed by atoms with van der Waals surface area (Å²) in [6.07, 6.45) is 0.802. The SMILES string of the molecule is O=C(N[C@H]([NH2+]Cc1ccco1)C(Cl)(Cl)Cl)c1cccc2ccccc12. The normalized spacial score (nSPS) is 12.9. The number of carbonyl (C=O) groups is 1.